The van der Waals surface area contributed by atoms with Gasteiger partial charge in [0, 0.05) is 24.8 Å². The van der Waals surface area contributed by atoms with Gasteiger partial charge in [-0.15, -0.1) is 0 Å². The molecule has 0 aliphatic heterocycles. The summed E-state index contributed by atoms with van der Waals surface area (Å²) in [4.78, 5) is 4.11. The summed E-state index contributed by atoms with van der Waals surface area (Å²) in [5.41, 5.74) is 2.68. The third-order valence-corrected chi connectivity index (χ3v) is 5.30. The first-order valence-electron chi connectivity index (χ1n) is 10.4. The van der Waals surface area contributed by atoms with Gasteiger partial charge < -0.3 is 15.2 Å². The number of aliphatic hydroxyl groups is 1. The van der Waals surface area contributed by atoms with E-state index in [0.29, 0.717) is 22.6 Å². The topological polar surface area (TPSA) is 54.4 Å². The van der Waals surface area contributed by atoms with Crippen molar-refractivity contribution in [3.05, 3.63) is 83.2 Å². The average Bonchev–Trinajstić information content (AvgIpc) is 2.78. The van der Waals surface area contributed by atoms with Crippen LogP contribution in [-0.2, 0) is 12.7 Å². The fourth-order valence-electron chi connectivity index (χ4n) is 3.50. The Hall–Kier alpha value is -2.90. The number of methoxy groups -OCH3 is 1. The Balaban J connectivity index is 1.94. The number of pyridine rings is 1. The number of aliphatic hydroxyl groups excluding tert-OH is 1. The maximum absolute atomic E-state index is 13.4. The van der Waals surface area contributed by atoms with E-state index in [-0.39, 0.29) is 19.0 Å². The van der Waals surface area contributed by atoms with Crippen LogP contribution in [0.1, 0.15) is 48.3 Å². The quantitative estimate of drug-likeness (QED) is 0.466. The first-order chi connectivity index (χ1) is 15.2. The lowest BCUT2D eigenvalue weighted by Crippen LogP contribution is -2.22. The molecule has 32 heavy (non-hydrogen) atoms. The van der Waals surface area contributed by atoms with Gasteiger partial charge in [0.15, 0.2) is 0 Å². The van der Waals surface area contributed by atoms with Crippen molar-refractivity contribution < 1.29 is 23.0 Å². The van der Waals surface area contributed by atoms with Gasteiger partial charge in [0.2, 0.25) is 0 Å². The van der Waals surface area contributed by atoms with Crippen LogP contribution in [0.2, 0.25) is 0 Å². The van der Waals surface area contributed by atoms with E-state index in [9.17, 15) is 18.3 Å². The van der Waals surface area contributed by atoms with Gasteiger partial charge in [0.25, 0.3) is 0 Å². The molecule has 0 radical (unpaired) electrons. The van der Waals surface area contributed by atoms with E-state index in [0.717, 1.165) is 23.3 Å². The summed E-state index contributed by atoms with van der Waals surface area (Å²) in [5.74, 6) is 0.841. The molecular formula is C25H27F3N2O2. The molecular weight excluding hydrogens is 417 g/mol. The highest BCUT2D eigenvalue weighted by Crippen LogP contribution is 2.38. The first kappa shape index (κ1) is 23.8. The van der Waals surface area contributed by atoms with E-state index >= 15 is 0 Å². The molecule has 0 aliphatic carbocycles. The number of benzene rings is 2. The fourth-order valence-corrected chi connectivity index (χ4v) is 3.50. The Morgan fingerprint density at radius 2 is 1.81 bits per heavy atom. The van der Waals surface area contributed by atoms with E-state index < -0.39 is 17.8 Å². The molecule has 0 bridgehead atoms. The van der Waals surface area contributed by atoms with Crippen LogP contribution < -0.4 is 10.1 Å². The Kier molecular flexibility index (Phi) is 7.53. The lowest BCUT2D eigenvalue weighted by atomic mass is 9.92. The third-order valence-electron chi connectivity index (χ3n) is 5.30. The van der Waals surface area contributed by atoms with E-state index in [4.69, 9.17) is 4.74 Å². The predicted molar refractivity (Wildman–Crippen MR) is 118 cm³/mol. The van der Waals surface area contributed by atoms with Gasteiger partial charge in [0.1, 0.15) is 11.9 Å². The molecule has 3 rings (SSSR count). The van der Waals surface area contributed by atoms with Gasteiger partial charge in [-0.3, -0.25) is 4.98 Å². The largest absolute Gasteiger partial charge is 0.496 e. The van der Waals surface area contributed by atoms with Crippen molar-refractivity contribution in [3.63, 3.8) is 0 Å². The molecule has 1 aromatic heterocycles. The van der Waals surface area contributed by atoms with Crippen LogP contribution in [0.15, 0.2) is 60.8 Å². The molecule has 0 amide bonds. The Morgan fingerprint density at radius 1 is 1.03 bits per heavy atom. The normalized spacial score (nSPS) is 12.8. The molecule has 7 heteroatoms. The summed E-state index contributed by atoms with van der Waals surface area (Å²) >= 11 is 0. The van der Waals surface area contributed by atoms with Crippen molar-refractivity contribution in [2.75, 3.05) is 13.7 Å². The summed E-state index contributed by atoms with van der Waals surface area (Å²) in [7, 11) is 1.54. The van der Waals surface area contributed by atoms with E-state index in [1.165, 1.54) is 6.07 Å². The van der Waals surface area contributed by atoms with E-state index in [1.807, 2.05) is 18.2 Å². The van der Waals surface area contributed by atoms with Crippen LogP contribution in [0.25, 0.3) is 11.1 Å². The van der Waals surface area contributed by atoms with Crippen molar-refractivity contribution in [1.29, 1.82) is 0 Å². The number of rotatable bonds is 8. The summed E-state index contributed by atoms with van der Waals surface area (Å²) in [6, 6.07) is 14.7. The van der Waals surface area contributed by atoms with Crippen LogP contribution in [0.3, 0.4) is 0 Å². The smallest absolute Gasteiger partial charge is 0.416 e. The van der Waals surface area contributed by atoms with Crippen LogP contribution in [0, 0.1) is 0 Å². The molecule has 170 valence electrons. The zero-order chi connectivity index (χ0) is 23.3. The molecule has 4 nitrogen and oxygen atoms in total. The third kappa shape index (κ3) is 5.66. The Labute approximate surface area is 186 Å². The molecule has 2 aromatic carbocycles. The molecule has 0 fully saturated rings. The predicted octanol–water partition coefficient (Wildman–Crippen LogP) is 5.72. The van der Waals surface area contributed by atoms with Gasteiger partial charge in [-0.25, -0.2) is 0 Å². The molecule has 0 spiro atoms. The summed E-state index contributed by atoms with van der Waals surface area (Å²) < 4.78 is 45.7. The van der Waals surface area contributed by atoms with Crippen molar-refractivity contribution in [3.8, 4) is 16.9 Å². The van der Waals surface area contributed by atoms with Crippen molar-refractivity contribution in [2.24, 2.45) is 0 Å². The van der Waals surface area contributed by atoms with Gasteiger partial charge in [-0.05, 0) is 59.0 Å². The molecule has 0 saturated carbocycles. The molecule has 2 N–H and O–H groups in total. The van der Waals surface area contributed by atoms with Gasteiger partial charge in [-0.1, -0.05) is 32.0 Å². The highest BCUT2D eigenvalue weighted by molar-refractivity contribution is 5.74. The summed E-state index contributed by atoms with van der Waals surface area (Å²) in [5, 5.41) is 13.4. The molecule has 0 aliphatic rings. The molecule has 3 aromatic rings. The summed E-state index contributed by atoms with van der Waals surface area (Å²) in [6.07, 6.45) is -3.74. The maximum atomic E-state index is 13.4. The second kappa shape index (κ2) is 10.1. The van der Waals surface area contributed by atoms with Crippen LogP contribution in [0.4, 0.5) is 13.2 Å². The number of ether oxygens (including phenoxy) is 1. The SMILES string of the molecule is COc1ccc(C(C)C)cc1-c1ccc(C(F)(F)F)cc1CNCC(O)c1ccccn1. The van der Waals surface area contributed by atoms with Crippen LogP contribution >= 0.6 is 0 Å². The van der Waals surface area contributed by atoms with Crippen molar-refractivity contribution in [1.82, 2.24) is 10.3 Å². The average molecular weight is 444 g/mol. The molecule has 1 atom stereocenters. The number of hydrogen-bond acceptors (Lipinski definition) is 4. The molecule has 1 unspecified atom stereocenters. The zero-order valence-corrected chi connectivity index (χ0v) is 18.3. The zero-order valence-electron chi connectivity index (χ0n) is 18.3. The van der Waals surface area contributed by atoms with Gasteiger partial charge in [0.05, 0.1) is 18.4 Å². The second-order valence-corrected chi connectivity index (χ2v) is 7.89. The number of nitrogens with zero attached hydrogens (tertiary/aromatic N) is 1. The minimum absolute atomic E-state index is 0.137. The van der Waals surface area contributed by atoms with E-state index in [2.05, 4.69) is 24.1 Å². The van der Waals surface area contributed by atoms with E-state index in [1.54, 1.807) is 31.5 Å². The number of alkyl halides is 3. The first-order valence-corrected chi connectivity index (χ1v) is 10.4. The highest BCUT2D eigenvalue weighted by atomic mass is 19.4. The monoisotopic (exact) mass is 444 g/mol. The van der Waals surface area contributed by atoms with Crippen LogP contribution in [-0.4, -0.2) is 23.7 Å². The van der Waals surface area contributed by atoms with Crippen LogP contribution in [0.5, 0.6) is 5.75 Å². The number of hydrogen-bond donors (Lipinski definition) is 2. The standard InChI is InChI=1S/C25H27F3N2O2/c1-16(2)17-7-10-24(32-3)21(13-17)20-9-8-19(25(26,27)28)12-18(20)14-29-15-23(31)22-6-4-5-11-30-22/h4-13,16,23,29,31H,14-15H2,1-3H3. The second-order valence-electron chi connectivity index (χ2n) is 7.89. The number of nitrogens with one attached hydrogen (secondary N) is 1. The maximum Gasteiger partial charge on any atom is 0.416 e. The molecule has 1 heterocycles. The number of aromatic nitrogens is 1. The fraction of sp³-hybridized carbons (Fsp3) is 0.320. The summed E-state index contributed by atoms with van der Waals surface area (Å²) in [6.45, 7) is 4.40. The Bertz CT molecular complexity index is 1040. The lowest BCUT2D eigenvalue weighted by molar-refractivity contribution is -0.137. The van der Waals surface area contributed by atoms with Crippen molar-refractivity contribution >= 4 is 0 Å². The number of halogens is 3. The molecule has 0 saturated heterocycles. The van der Waals surface area contributed by atoms with Crippen molar-refractivity contribution in [2.45, 2.75) is 38.6 Å². The van der Waals surface area contributed by atoms with Gasteiger partial charge >= 0.3 is 6.18 Å². The van der Waals surface area contributed by atoms with Gasteiger partial charge in [-0.2, -0.15) is 13.2 Å². The Morgan fingerprint density at radius 3 is 2.44 bits per heavy atom. The lowest BCUT2D eigenvalue weighted by Gasteiger charge is -2.19. The minimum atomic E-state index is -4.45. The minimum Gasteiger partial charge on any atom is -0.496 e. The highest BCUT2D eigenvalue weighted by Gasteiger charge is 2.31.